The topological polar surface area (TPSA) is 49.3 Å². The molecule has 0 saturated carbocycles. The van der Waals surface area contributed by atoms with Gasteiger partial charge >= 0.3 is 49.6 Å². The molecular weight excluding hydrogens is 563 g/mol. The molecule has 0 radical (unpaired) electrons. The third kappa shape index (κ3) is 9.44. The van der Waals surface area contributed by atoms with E-state index in [2.05, 4.69) is 60.3 Å². The van der Waals surface area contributed by atoms with Crippen LogP contribution < -0.4 is 10.7 Å². The molecule has 8 heteroatoms. The average Bonchev–Trinajstić information content (AvgIpc) is 2.50. The summed E-state index contributed by atoms with van der Waals surface area (Å²) >= 11 is 10.0. The first kappa shape index (κ1) is 18.9. The van der Waals surface area contributed by atoms with Crippen molar-refractivity contribution in [3.63, 3.8) is 0 Å². The van der Waals surface area contributed by atoms with Crippen molar-refractivity contribution in [3.8, 4) is 0 Å². The Morgan fingerprint density at radius 3 is 2.43 bits per heavy atom. The molecular formula is C13H12I2N4SZn. The standard InChI is InChI=1S/C13H12N4S.2HI.Zn/c18-13(16-11-6-2-1-3-7-11)17-15-10-12-8-4-5-9-14-12;;;/h1-10H,(H2,16,17,18);2*1H;/q;;;+2/p-2. The minimum absolute atomic E-state index is 0.0650. The van der Waals surface area contributed by atoms with Crippen LogP contribution in [0.4, 0.5) is 5.69 Å². The van der Waals surface area contributed by atoms with E-state index in [4.69, 9.17) is 12.2 Å². The van der Waals surface area contributed by atoms with Crippen molar-refractivity contribution in [2.45, 2.75) is 0 Å². The predicted molar refractivity (Wildman–Crippen MR) is 106 cm³/mol. The molecule has 0 atom stereocenters. The number of nitrogens with zero attached hydrogens (tertiary/aromatic N) is 2. The molecule has 106 valence electrons. The van der Waals surface area contributed by atoms with E-state index in [0.29, 0.717) is 5.11 Å². The van der Waals surface area contributed by atoms with Crippen LogP contribution in [0.25, 0.3) is 0 Å². The van der Waals surface area contributed by atoms with E-state index in [0.717, 1.165) is 11.4 Å². The van der Waals surface area contributed by atoms with E-state index in [9.17, 15) is 0 Å². The molecule has 0 aliphatic heterocycles. The quantitative estimate of drug-likeness (QED) is 0.190. The number of para-hydroxylation sites is 1. The van der Waals surface area contributed by atoms with Gasteiger partial charge in [-0.05, 0) is 36.5 Å². The van der Waals surface area contributed by atoms with Crippen LogP contribution in [0.2, 0.25) is 0 Å². The molecule has 2 rings (SSSR count). The summed E-state index contributed by atoms with van der Waals surface area (Å²) in [6.45, 7) is 0. The zero-order valence-electron chi connectivity index (χ0n) is 11.0. The first-order valence-electron chi connectivity index (χ1n) is 5.94. The maximum absolute atomic E-state index is 5.10. The van der Waals surface area contributed by atoms with Gasteiger partial charge in [0.2, 0.25) is 0 Å². The number of anilines is 1. The number of nitrogens with one attached hydrogen (secondary N) is 2. The number of hydrazone groups is 1. The Balaban J connectivity index is 0.000000677. The summed E-state index contributed by atoms with van der Waals surface area (Å²) in [4.78, 5) is 4.11. The zero-order chi connectivity index (χ0) is 15.3. The Labute approximate surface area is 158 Å². The summed E-state index contributed by atoms with van der Waals surface area (Å²) in [7, 11) is 0.0650. The molecule has 1 aromatic carbocycles. The Morgan fingerprint density at radius 2 is 1.81 bits per heavy atom. The van der Waals surface area contributed by atoms with Crippen molar-refractivity contribution in [1.29, 1.82) is 0 Å². The molecule has 1 aromatic heterocycles. The van der Waals surface area contributed by atoms with Gasteiger partial charge in [-0.25, -0.2) is 0 Å². The van der Waals surface area contributed by atoms with Crippen molar-refractivity contribution < 1.29 is 10.1 Å². The summed E-state index contributed by atoms with van der Waals surface area (Å²) in [5.41, 5.74) is 4.42. The number of thiocarbonyl (C=S) groups is 1. The summed E-state index contributed by atoms with van der Waals surface area (Å²) in [6.07, 6.45) is 3.32. The van der Waals surface area contributed by atoms with Crippen molar-refractivity contribution in [2.24, 2.45) is 5.10 Å². The summed E-state index contributed by atoms with van der Waals surface area (Å²) < 4.78 is 0. The van der Waals surface area contributed by atoms with Gasteiger partial charge in [0, 0.05) is 11.9 Å². The van der Waals surface area contributed by atoms with Crippen molar-refractivity contribution in [3.05, 3.63) is 60.4 Å². The summed E-state index contributed by atoms with van der Waals surface area (Å²) in [5, 5.41) is 7.45. The van der Waals surface area contributed by atoms with E-state index >= 15 is 0 Å². The molecule has 4 nitrogen and oxygen atoms in total. The van der Waals surface area contributed by atoms with Crippen LogP contribution >= 0.6 is 51.7 Å². The molecule has 1 heterocycles. The number of hydrogen-bond acceptors (Lipinski definition) is 3. The SMILES string of the molecule is S=C(NN=Cc1ccccn1)Nc1ccccc1.[I][Zn][I]. The fourth-order valence-corrected chi connectivity index (χ4v) is 1.46. The van der Waals surface area contributed by atoms with Crippen molar-refractivity contribution in [1.82, 2.24) is 10.4 Å². The van der Waals surface area contributed by atoms with Gasteiger partial charge in [-0.1, -0.05) is 24.3 Å². The fraction of sp³-hybridized carbons (Fsp3) is 0. The molecule has 0 saturated heterocycles. The van der Waals surface area contributed by atoms with Gasteiger partial charge in [0.05, 0.1) is 11.9 Å². The van der Waals surface area contributed by atoms with E-state index in [1.54, 1.807) is 12.4 Å². The average molecular weight is 576 g/mol. The first-order valence-corrected chi connectivity index (χ1v) is 24.4. The predicted octanol–water partition coefficient (Wildman–Crippen LogP) is 4.17. The third-order valence-electron chi connectivity index (χ3n) is 2.08. The summed E-state index contributed by atoms with van der Waals surface area (Å²) in [6, 6.07) is 15.3. The van der Waals surface area contributed by atoms with Gasteiger partial charge in [0.15, 0.2) is 5.11 Å². The van der Waals surface area contributed by atoms with Gasteiger partial charge in [-0.15, -0.1) is 0 Å². The van der Waals surface area contributed by atoms with Crippen molar-refractivity contribution in [2.75, 3.05) is 5.32 Å². The second kappa shape index (κ2) is 12.4. The van der Waals surface area contributed by atoms with Gasteiger partial charge in [-0.3, -0.25) is 10.4 Å². The number of pyridine rings is 1. The zero-order valence-corrected chi connectivity index (χ0v) is 19.1. The van der Waals surface area contributed by atoms with E-state index < -0.39 is 0 Å². The Morgan fingerprint density at radius 1 is 1.14 bits per heavy atom. The molecule has 21 heavy (non-hydrogen) atoms. The van der Waals surface area contributed by atoms with Crippen LogP contribution in [0.15, 0.2) is 59.8 Å². The molecule has 2 aromatic rings. The van der Waals surface area contributed by atoms with Crippen LogP contribution in [0.1, 0.15) is 5.69 Å². The molecule has 0 bridgehead atoms. The Hall–Kier alpha value is -0.187. The van der Waals surface area contributed by atoms with E-state index in [1.165, 1.54) is 0 Å². The van der Waals surface area contributed by atoms with E-state index in [-0.39, 0.29) is 10.1 Å². The van der Waals surface area contributed by atoms with Crippen molar-refractivity contribution >= 4 is 68.7 Å². The second-order valence-electron chi connectivity index (χ2n) is 3.55. The molecule has 0 unspecified atom stereocenters. The van der Waals surface area contributed by atoms with Gasteiger partial charge in [0.1, 0.15) is 0 Å². The minimum atomic E-state index is 0.0650. The number of rotatable bonds is 3. The Kier molecular flexibility index (Phi) is 11.1. The van der Waals surface area contributed by atoms with Gasteiger partial charge in [0.25, 0.3) is 0 Å². The molecule has 0 spiro atoms. The molecule has 0 amide bonds. The van der Waals surface area contributed by atoms with Crippen LogP contribution in [-0.4, -0.2) is 16.3 Å². The molecule has 0 aliphatic rings. The Bertz CT molecular complexity index is 555. The molecule has 0 fully saturated rings. The van der Waals surface area contributed by atoms with Crippen LogP contribution in [-0.2, 0) is 10.1 Å². The van der Waals surface area contributed by atoms with Crippen LogP contribution in [0.5, 0.6) is 0 Å². The first-order chi connectivity index (χ1) is 10.3. The van der Waals surface area contributed by atoms with Gasteiger partial charge in [-0.2, -0.15) is 5.10 Å². The number of benzene rings is 1. The number of halogens is 2. The number of hydrogen-bond donors (Lipinski definition) is 2. The van der Waals surface area contributed by atoms with Gasteiger partial charge < -0.3 is 5.32 Å². The van der Waals surface area contributed by atoms with E-state index in [1.807, 2.05) is 48.5 Å². The molecule has 2 N–H and O–H groups in total. The third-order valence-corrected chi connectivity index (χ3v) is 2.28. The second-order valence-corrected chi connectivity index (χ2v) is 27.5. The molecule has 0 aliphatic carbocycles. The summed E-state index contributed by atoms with van der Waals surface area (Å²) in [5.74, 6) is 0. The van der Waals surface area contributed by atoms with Crippen LogP contribution in [0, 0.1) is 0 Å². The number of aromatic nitrogens is 1. The fourth-order valence-electron chi connectivity index (χ4n) is 1.29. The van der Waals surface area contributed by atoms with Crippen LogP contribution in [0.3, 0.4) is 0 Å². The normalized spacial score (nSPS) is 9.24. The monoisotopic (exact) mass is 574 g/mol. The maximum atomic E-state index is 5.10.